The van der Waals surface area contributed by atoms with Gasteiger partial charge in [-0.3, -0.25) is 4.79 Å². The van der Waals surface area contributed by atoms with Gasteiger partial charge in [0.1, 0.15) is 35.4 Å². The maximum absolute atomic E-state index is 12.8. The molecule has 0 saturated carbocycles. The number of phenolic OH excluding ortho intramolecular Hbond substituents is 3. The van der Waals surface area contributed by atoms with Gasteiger partial charge < -0.3 is 49.6 Å². The molecule has 1 aliphatic heterocycles. The number of hydrogen-bond acceptors (Lipinski definition) is 11. The Hall–Kier alpha value is -3.09. The predicted octanol–water partition coefficient (Wildman–Crippen LogP) is -0.758. The van der Waals surface area contributed by atoms with E-state index in [0.717, 1.165) is 6.07 Å². The van der Waals surface area contributed by atoms with Crippen LogP contribution >= 0.6 is 0 Å². The molecule has 160 valence electrons. The number of hydrogen-bond donors (Lipinski definition) is 7. The maximum Gasteiger partial charge on any atom is 0.229 e. The average Bonchev–Trinajstić information content (AvgIpc) is 2.71. The van der Waals surface area contributed by atoms with Crippen LogP contribution in [0.2, 0.25) is 0 Å². The molecule has 3 aromatic rings. The molecule has 11 heteroatoms. The van der Waals surface area contributed by atoms with Gasteiger partial charge in [-0.2, -0.15) is 0 Å². The first-order valence-corrected chi connectivity index (χ1v) is 8.85. The monoisotopic (exact) mass is 422 g/mol. The summed E-state index contributed by atoms with van der Waals surface area (Å²) >= 11 is 0. The van der Waals surface area contributed by atoms with E-state index in [-0.39, 0.29) is 27.7 Å². The Balaban J connectivity index is 1.83. The molecule has 5 atom stereocenters. The summed E-state index contributed by atoms with van der Waals surface area (Å²) in [6.07, 6.45) is -8.17. The van der Waals surface area contributed by atoms with E-state index in [1.54, 1.807) is 0 Å². The van der Waals surface area contributed by atoms with E-state index >= 15 is 0 Å². The van der Waals surface area contributed by atoms with Crippen LogP contribution in [0.4, 0.5) is 0 Å². The van der Waals surface area contributed by atoms with E-state index in [1.165, 1.54) is 18.2 Å². The van der Waals surface area contributed by atoms with Gasteiger partial charge in [-0.25, -0.2) is 0 Å². The van der Waals surface area contributed by atoms with Crippen molar-refractivity contribution in [2.75, 3.05) is 6.61 Å². The topological polar surface area (TPSA) is 190 Å². The highest BCUT2D eigenvalue weighted by Crippen LogP contribution is 2.43. The van der Waals surface area contributed by atoms with Crippen molar-refractivity contribution in [2.24, 2.45) is 0 Å². The van der Waals surface area contributed by atoms with Gasteiger partial charge in [0.25, 0.3) is 0 Å². The molecule has 0 radical (unpaired) electrons. The maximum atomic E-state index is 12.8. The van der Waals surface area contributed by atoms with Crippen molar-refractivity contribution in [2.45, 2.75) is 30.7 Å². The van der Waals surface area contributed by atoms with E-state index in [4.69, 9.17) is 13.9 Å². The molecule has 0 amide bonds. The van der Waals surface area contributed by atoms with Crippen molar-refractivity contribution in [1.29, 1.82) is 0 Å². The number of phenols is 3. The molecule has 11 nitrogen and oxygen atoms in total. The highest BCUT2D eigenvalue weighted by atomic mass is 16.7. The minimum Gasteiger partial charge on any atom is -0.504 e. The fourth-order valence-corrected chi connectivity index (χ4v) is 3.37. The Kier molecular flexibility index (Phi) is 4.92. The summed E-state index contributed by atoms with van der Waals surface area (Å²) in [4.78, 5) is 12.8. The molecule has 1 unspecified atom stereocenters. The lowest BCUT2D eigenvalue weighted by molar-refractivity contribution is -0.277. The molecule has 4 rings (SSSR count). The van der Waals surface area contributed by atoms with Gasteiger partial charge in [0.2, 0.25) is 17.5 Å². The van der Waals surface area contributed by atoms with Crippen LogP contribution in [-0.4, -0.2) is 73.1 Å². The van der Waals surface area contributed by atoms with E-state index in [1.807, 2.05) is 0 Å². The molecule has 0 bridgehead atoms. The zero-order valence-corrected chi connectivity index (χ0v) is 15.2. The van der Waals surface area contributed by atoms with Gasteiger partial charge in [-0.15, -0.1) is 0 Å². The SMILES string of the molecule is O=c1c2cccc(O)c2oc2cc(O)c(OC3O[C@H](CO)[C@@H](O)[C@H](O)[C@H]3O)c(O)c12. The number of rotatable bonds is 3. The predicted molar refractivity (Wildman–Crippen MR) is 99.4 cm³/mol. The minimum atomic E-state index is -1.80. The lowest BCUT2D eigenvalue weighted by atomic mass is 9.99. The van der Waals surface area contributed by atoms with Gasteiger partial charge in [0, 0.05) is 6.07 Å². The minimum absolute atomic E-state index is 0.0396. The summed E-state index contributed by atoms with van der Waals surface area (Å²) in [5, 5.41) is 69.4. The summed E-state index contributed by atoms with van der Waals surface area (Å²) in [6.45, 7) is -0.709. The largest absolute Gasteiger partial charge is 0.504 e. The molecule has 0 aliphatic carbocycles. The Morgan fingerprint density at radius 1 is 1.00 bits per heavy atom. The van der Waals surface area contributed by atoms with Gasteiger partial charge in [-0.05, 0) is 12.1 Å². The second-order valence-electron chi connectivity index (χ2n) is 6.85. The Morgan fingerprint density at radius 3 is 2.43 bits per heavy atom. The molecule has 2 aromatic carbocycles. The van der Waals surface area contributed by atoms with Crippen molar-refractivity contribution < 1.29 is 49.6 Å². The fraction of sp³-hybridized carbons (Fsp3) is 0.316. The quantitative estimate of drug-likeness (QED) is 0.263. The first-order valence-electron chi connectivity index (χ1n) is 8.85. The highest BCUT2D eigenvalue weighted by Gasteiger charge is 2.45. The molecule has 0 spiro atoms. The van der Waals surface area contributed by atoms with Gasteiger partial charge in [0.05, 0.1) is 12.0 Å². The molecule has 7 N–H and O–H groups in total. The fourth-order valence-electron chi connectivity index (χ4n) is 3.37. The van der Waals surface area contributed by atoms with Crippen LogP contribution in [0.3, 0.4) is 0 Å². The van der Waals surface area contributed by atoms with Crippen molar-refractivity contribution >= 4 is 21.9 Å². The smallest absolute Gasteiger partial charge is 0.229 e. The third kappa shape index (κ3) is 3.00. The second kappa shape index (κ2) is 7.31. The van der Waals surface area contributed by atoms with Crippen LogP contribution in [0.15, 0.2) is 33.5 Å². The number of ether oxygens (including phenoxy) is 2. The van der Waals surface area contributed by atoms with Gasteiger partial charge in [0.15, 0.2) is 22.8 Å². The molecular weight excluding hydrogens is 404 g/mol. The highest BCUT2D eigenvalue weighted by molar-refractivity contribution is 5.97. The second-order valence-corrected chi connectivity index (χ2v) is 6.85. The standard InChI is InChI=1S/C19H18O11/c20-5-10-13(24)15(26)16(27)19(29-10)30-18-8(22)4-9-11(14(18)25)12(23)6-2-1-3-7(21)17(6)28-9/h1-4,10,13,15-16,19-22,24-27H,5H2/t10-,13-,15+,16-,19?/m1/s1. The van der Waals surface area contributed by atoms with Crippen molar-refractivity contribution in [3.63, 3.8) is 0 Å². The summed E-state index contributed by atoms with van der Waals surface area (Å²) in [5.41, 5.74) is -1.11. The Morgan fingerprint density at radius 2 is 1.73 bits per heavy atom. The molecular formula is C19H18O11. The number of benzene rings is 2. The van der Waals surface area contributed by atoms with Gasteiger partial charge in [-0.1, -0.05) is 6.07 Å². The van der Waals surface area contributed by atoms with E-state index in [0.29, 0.717) is 0 Å². The number of para-hydroxylation sites is 1. The van der Waals surface area contributed by atoms with Crippen LogP contribution in [0.1, 0.15) is 0 Å². The Labute approximate surface area is 167 Å². The zero-order chi connectivity index (χ0) is 21.7. The summed E-state index contributed by atoms with van der Waals surface area (Å²) in [6, 6.07) is 5.03. The number of aromatic hydroxyl groups is 3. The first-order chi connectivity index (χ1) is 14.2. The molecule has 30 heavy (non-hydrogen) atoms. The number of fused-ring (bicyclic) bond motifs is 2. The van der Waals surface area contributed by atoms with E-state index in [2.05, 4.69) is 0 Å². The van der Waals surface area contributed by atoms with E-state index < -0.39 is 60.0 Å². The van der Waals surface area contributed by atoms with Crippen molar-refractivity contribution in [1.82, 2.24) is 0 Å². The molecule has 2 heterocycles. The third-order valence-electron chi connectivity index (χ3n) is 4.96. The normalized spacial score (nSPS) is 26.9. The number of aliphatic hydroxyl groups is 4. The molecule has 1 saturated heterocycles. The van der Waals surface area contributed by atoms with E-state index in [9.17, 15) is 40.5 Å². The van der Waals surface area contributed by atoms with Crippen LogP contribution < -0.4 is 10.2 Å². The Bertz CT molecular complexity index is 1170. The molecule has 1 aromatic heterocycles. The molecule has 1 aliphatic rings. The third-order valence-corrected chi connectivity index (χ3v) is 4.96. The van der Waals surface area contributed by atoms with Crippen LogP contribution in [0.25, 0.3) is 21.9 Å². The van der Waals surface area contributed by atoms with Crippen molar-refractivity contribution in [3.05, 3.63) is 34.5 Å². The van der Waals surface area contributed by atoms with Crippen LogP contribution in [-0.2, 0) is 4.74 Å². The van der Waals surface area contributed by atoms with Crippen molar-refractivity contribution in [3.8, 4) is 23.0 Å². The lowest BCUT2D eigenvalue weighted by Gasteiger charge is -2.39. The first kappa shape index (κ1) is 20.2. The van der Waals surface area contributed by atoms with Crippen LogP contribution in [0, 0.1) is 0 Å². The zero-order valence-electron chi connectivity index (χ0n) is 15.2. The number of aliphatic hydroxyl groups excluding tert-OH is 4. The molecule has 1 fully saturated rings. The average molecular weight is 422 g/mol. The lowest BCUT2D eigenvalue weighted by Crippen LogP contribution is -2.60. The van der Waals surface area contributed by atoms with Gasteiger partial charge >= 0.3 is 0 Å². The summed E-state index contributed by atoms with van der Waals surface area (Å²) < 4.78 is 15.9. The summed E-state index contributed by atoms with van der Waals surface area (Å²) in [5.74, 6) is -2.50. The van der Waals surface area contributed by atoms with Crippen LogP contribution in [0.5, 0.6) is 23.0 Å². The summed E-state index contributed by atoms with van der Waals surface area (Å²) in [7, 11) is 0.